The summed E-state index contributed by atoms with van der Waals surface area (Å²) < 4.78 is 59.5. The van der Waals surface area contributed by atoms with E-state index in [0.717, 1.165) is 23.2 Å². The van der Waals surface area contributed by atoms with Crippen LogP contribution in [0.15, 0.2) is 28.8 Å². The average Bonchev–Trinajstić information content (AvgIpc) is 3.39. The van der Waals surface area contributed by atoms with E-state index in [9.17, 15) is 32.3 Å². The minimum Gasteiger partial charge on any atom is -0.481 e. The summed E-state index contributed by atoms with van der Waals surface area (Å²) in [5.41, 5.74) is -1.70. The van der Waals surface area contributed by atoms with Crippen molar-refractivity contribution in [1.29, 1.82) is 0 Å². The molecule has 1 saturated carbocycles. The Bertz CT molecular complexity index is 1020. The molecule has 0 bridgehead atoms. The first-order chi connectivity index (χ1) is 15.2. The number of nitrogens with zero attached hydrogens (tertiary/aromatic N) is 3. The molecule has 11 heteroatoms. The zero-order valence-corrected chi connectivity index (χ0v) is 16.9. The smallest absolute Gasteiger partial charge is 0.307 e. The van der Waals surface area contributed by atoms with Crippen LogP contribution in [0.4, 0.5) is 17.6 Å². The number of hydrogen-bond acceptors (Lipinski definition) is 5. The highest BCUT2D eigenvalue weighted by Crippen LogP contribution is 2.51. The highest BCUT2D eigenvalue weighted by Gasteiger charge is 2.53. The van der Waals surface area contributed by atoms with Crippen LogP contribution in [0.1, 0.15) is 36.2 Å². The third kappa shape index (κ3) is 4.34. The van der Waals surface area contributed by atoms with Gasteiger partial charge in [-0.2, -0.15) is 0 Å². The number of hydrogen-bond donors (Lipinski definition) is 1. The van der Waals surface area contributed by atoms with E-state index >= 15 is 0 Å². The summed E-state index contributed by atoms with van der Waals surface area (Å²) >= 11 is 0. The van der Waals surface area contributed by atoms with Gasteiger partial charge in [-0.05, 0) is 37.8 Å². The first-order valence-electron chi connectivity index (χ1n) is 10.2. The second kappa shape index (κ2) is 8.53. The van der Waals surface area contributed by atoms with Crippen LogP contribution in [-0.4, -0.2) is 58.2 Å². The lowest BCUT2D eigenvalue weighted by molar-refractivity contribution is -0.147. The van der Waals surface area contributed by atoms with Crippen LogP contribution in [-0.2, 0) is 4.79 Å². The first kappa shape index (κ1) is 22.3. The molecule has 32 heavy (non-hydrogen) atoms. The Morgan fingerprint density at radius 2 is 2.03 bits per heavy atom. The number of alkyl halides is 2. The molecular weight excluding hydrogens is 434 g/mol. The fourth-order valence-corrected chi connectivity index (χ4v) is 3.91. The summed E-state index contributed by atoms with van der Waals surface area (Å²) in [7, 11) is 0. The van der Waals surface area contributed by atoms with E-state index < -0.39 is 41.3 Å². The number of rotatable bonds is 7. The number of halogens is 4. The zero-order chi connectivity index (χ0) is 23.0. The van der Waals surface area contributed by atoms with Crippen molar-refractivity contribution in [3.63, 3.8) is 0 Å². The van der Waals surface area contributed by atoms with Crippen molar-refractivity contribution >= 4 is 11.9 Å². The summed E-state index contributed by atoms with van der Waals surface area (Å²) in [5.74, 6) is -4.32. The van der Waals surface area contributed by atoms with Crippen molar-refractivity contribution < 1.29 is 36.8 Å². The molecule has 4 rings (SSSR count). The monoisotopic (exact) mass is 455 g/mol. The molecule has 1 amide bonds. The molecule has 0 spiro atoms. The molecule has 1 aromatic carbocycles. The lowest BCUT2D eigenvalue weighted by atomic mass is 9.99. The molecule has 1 aromatic heterocycles. The Labute approximate surface area is 180 Å². The van der Waals surface area contributed by atoms with E-state index in [0.29, 0.717) is 25.5 Å². The fourth-order valence-electron chi connectivity index (χ4n) is 3.91. The number of hydrazine groups is 1. The Morgan fingerprint density at radius 3 is 2.66 bits per heavy atom. The van der Waals surface area contributed by atoms with Crippen molar-refractivity contribution in [2.24, 2.45) is 11.3 Å². The van der Waals surface area contributed by atoms with Gasteiger partial charge in [-0.3, -0.25) is 14.6 Å². The van der Waals surface area contributed by atoms with Gasteiger partial charge in [0, 0.05) is 31.8 Å². The number of benzene rings is 1. The van der Waals surface area contributed by atoms with E-state index in [4.69, 9.17) is 4.52 Å². The maximum Gasteiger partial charge on any atom is 0.307 e. The quantitative estimate of drug-likeness (QED) is 0.639. The minimum absolute atomic E-state index is 0.00229. The highest BCUT2D eigenvalue weighted by molar-refractivity contribution is 5.93. The number of carboxylic acids is 1. The van der Waals surface area contributed by atoms with Gasteiger partial charge in [0.05, 0.1) is 16.9 Å². The fraction of sp³-hybridized carbons (Fsp3) is 0.476. The standard InChI is InChI=1S/C21H21F4N3O4/c22-13-3-4-14(15(23)8-13)17-9-16(26-32-17)18(29)28(11-21(5-6-21)20(24)25)27-7-1-2-12(10-27)19(30)31/h3-4,8-9,12,20H,1-2,5-7,10-11H2,(H,30,31)/t12-/m0/s1. The molecule has 2 heterocycles. The van der Waals surface area contributed by atoms with Gasteiger partial charge in [0.2, 0.25) is 6.43 Å². The van der Waals surface area contributed by atoms with E-state index in [1.54, 1.807) is 0 Å². The molecule has 2 fully saturated rings. The van der Waals surface area contributed by atoms with Gasteiger partial charge in [-0.25, -0.2) is 22.6 Å². The summed E-state index contributed by atoms with van der Waals surface area (Å²) in [4.78, 5) is 24.7. The van der Waals surface area contributed by atoms with Gasteiger partial charge in [0.1, 0.15) is 11.6 Å². The number of carbonyl (C=O) groups is 2. The predicted octanol–water partition coefficient (Wildman–Crippen LogP) is 3.82. The van der Waals surface area contributed by atoms with Crippen molar-refractivity contribution in [2.75, 3.05) is 19.6 Å². The third-order valence-corrected chi connectivity index (χ3v) is 6.07. The molecule has 0 unspecified atom stereocenters. The molecule has 1 atom stereocenters. The normalized spacial score (nSPS) is 20.3. The number of piperidine rings is 1. The van der Waals surface area contributed by atoms with Crippen LogP contribution >= 0.6 is 0 Å². The number of amides is 1. The van der Waals surface area contributed by atoms with Gasteiger partial charge < -0.3 is 9.63 Å². The highest BCUT2D eigenvalue weighted by atomic mass is 19.3. The minimum atomic E-state index is -2.64. The zero-order valence-electron chi connectivity index (χ0n) is 16.9. The molecule has 172 valence electrons. The Hall–Kier alpha value is -2.95. The van der Waals surface area contributed by atoms with Gasteiger partial charge in [0.25, 0.3) is 5.91 Å². The summed E-state index contributed by atoms with van der Waals surface area (Å²) in [6.07, 6.45) is -1.25. The van der Waals surface area contributed by atoms with Crippen molar-refractivity contribution in [1.82, 2.24) is 15.2 Å². The number of carbonyl (C=O) groups excluding carboxylic acids is 1. The van der Waals surface area contributed by atoms with Crippen LogP contribution < -0.4 is 0 Å². The Balaban J connectivity index is 1.61. The second-order valence-corrected chi connectivity index (χ2v) is 8.32. The Kier molecular flexibility index (Phi) is 5.93. The van der Waals surface area contributed by atoms with Gasteiger partial charge in [-0.1, -0.05) is 5.16 Å². The van der Waals surface area contributed by atoms with E-state index in [1.807, 2.05) is 0 Å². The lowest BCUT2D eigenvalue weighted by Crippen LogP contribution is -2.54. The molecule has 1 aliphatic carbocycles. The molecule has 2 aliphatic rings. The largest absolute Gasteiger partial charge is 0.481 e. The number of aliphatic carboxylic acids is 1. The predicted molar refractivity (Wildman–Crippen MR) is 102 cm³/mol. The molecule has 7 nitrogen and oxygen atoms in total. The van der Waals surface area contributed by atoms with Gasteiger partial charge >= 0.3 is 5.97 Å². The van der Waals surface area contributed by atoms with Crippen LogP contribution in [0, 0.1) is 23.0 Å². The van der Waals surface area contributed by atoms with Crippen molar-refractivity contribution in [2.45, 2.75) is 32.1 Å². The second-order valence-electron chi connectivity index (χ2n) is 8.32. The summed E-state index contributed by atoms with van der Waals surface area (Å²) in [6.45, 7) is 0.0345. The third-order valence-electron chi connectivity index (χ3n) is 6.07. The molecule has 0 radical (unpaired) electrons. The van der Waals surface area contributed by atoms with Crippen LogP contribution in [0.3, 0.4) is 0 Å². The Morgan fingerprint density at radius 1 is 1.28 bits per heavy atom. The van der Waals surface area contributed by atoms with Gasteiger partial charge in [-0.15, -0.1) is 0 Å². The van der Waals surface area contributed by atoms with E-state index in [1.165, 1.54) is 5.01 Å². The number of aromatic nitrogens is 1. The average molecular weight is 455 g/mol. The maximum absolute atomic E-state index is 14.1. The first-order valence-corrected chi connectivity index (χ1v) is 10.2. The van der Waals surface area contributed by atoms with Crippen LogP contribution in [0.25, 0.3) is 11.3 Å². The SMILES string of the molecule is O=C(O)[C@H]1CCCN(N(CC2(C(F)F)CC2)C(=O)c2cc(-c3ccc(F)cc3F)on2)C1. The lowest BCUT2D eigenvalue weighted by Gasteiger charge is -2.40. The molecule has 1 aliphatic heterocycles. The topological polar surface area (TPSA) is 86.9 Å². The van der Waals surface area contributed by atoms with Crippen molar-refractivity contribution in [3.05, 3.63) is 41.6 Å². The van der Waals surface area contributed by atoms with Gasteiger partial charge in [0.15, 0.2) is 11.5 Å². The number of carboxylic acid groups (broad SMARTS) is 1. The molecule has 1 saturated heterocycles. The molecule has 2 aromatic rings. The maximum atomic E-state index is 14.1. The van der Waals surface area contributed by atoms with Crippen LogP contribution in [0.5, 0.6) is 0 Å². The van der Waals surface area contributed by atoms with E-state index in [-0.39, 0.29) is 42.9 Å². The van der Waals surface area contributed by atoms with Crippen molar-refractivity contribution in [3.8, 4) is 11.3 Å². The van der Waals surface area contributed by atoms with E-state index in [2.05, 4.69) is 5.16 Å². The van der Waals surface area contributed by atoms with Crippen LogP contribution in [0.2, 0.25) is 0 Å². The molecule has 1 N–H and O–H groups in total. The summed E-state index contributed by atoms with van der Waals surface area (Å²) in [6, 6.07) is 3.97. The molecular formula is C21H21F4N3O4. The summed E-state index contributed by atoms with van der Waals surface area (Å²) in [5, 5.41) is 15.6.